The molecule has 0 saturated carbocycles. The number of thiazole rings is 1. The lowest BCUT2D eigenvalue weighted by atomic mass is 10.3. The Morgan fingerprint density at radius 2 is 1.79 bits per heavy atom. The van der Waals surface area contributed by atoms with Crippen molar-refractivity contribution in [1.82, 2.24) is 14.2 Å². The van der Waals surface area contributed by atoms with Gasteiger partial charge in [0.15, 0.2) is 5.13 Å². The van der Waals surface area contributed by atoms with Crippen molar-refractivity contribution in [2.75, 3.05) is 31.9 Å². The minimum absolute atomic E-state index is 0. The largest absolute Gasteiger partial charge is 0.375 e. The quantitative estimate of drug-likeness (QED) is 0.839. The summed E-state index contributed by atoms with van der Waals surface area (Å²) in [7, 11) is -3.45. The standard InChI is InChI=1S/C14H17ClN4O2S2.ClH/c15-11-1-3-13(4-2-11)23(20,21)19-7-5-18(6-8-19)10-12-9-17-14(16)22-12;/h1-4,9H,5-8,10H2,(H2,16,17);1H. The van der Waals surface area contributed by atoms with Crippen molar-refractivity contribution < 1.29 is 8.42 Å². The van der Waals surface area contributed by atoms with Gasteiger partial charge in [-0.1, -0.05) is 11.6 Å². The number of anilines is 1. The molecule has 3 rings (SSSR count). The first-order valence-corrected chi connectivity index (χ1v) is 9.77. The number of sulfonamides is 1. The Labute approximate surface area is 156 Å². The third kappa shape index (κ3) is 4.38. The minimum Gasteiger partial charge on any atom is -0.375 e. The molecule has 0 atom stereocenters. The van der Waals surface area contributed by atoms with E-state index < -0.39 is 10.0 Å². The molecule has 132 valence electrons. The van der Waals surface area contributed by atoms with Crippen LogP contribution >= 0.6 is 35.3 Å². The maximum Gasteiger partial charge on any atom is 0.243 e. The molecule has 1 aromatic carbocycles. The number of nitrogens with two attached hydrogens (primary N) is 1. The van der Waals surface area contributed by atoms with E-state index in [9.17, 15) is 8.42 Å². The van der Waals surface area contributed by atoms with Gasteiger partial charge in [0.2, 0.25) is 10.0 Å². The van der Waals surface area contributed by atoms with E-state index in [2.05, 4.69) is 9.88 Å². The molecular weight excluding hydrogens is 391 g/mol. The summed E-state index contributed by atoms with van der Waals surface area (Å²) >= 11 is 7.28. The van der Waals surface area contributed by atoms with Gasteiger partial charge >= 0.3 is 0 Å². The maximum absolute atomic E-state index is 12.6. The fourth-order valence-corrected chi connectivity index (χ4v) is 4.77. The van der Waals surface area contributed by atoms with Gasteiger partial charge in [-0.25, -0.2) is 13.4 Å². The van der Waals surface area contributed by atoms with Crippen LogP contribution in [-0.2, 0) is 16.6 Å². The number of benzene rings is 1. The fraction of sp³-hybridized carbons (Fsp3) is 0.357. The molecule has 1 fully saturated rings. The van der Waals surface area contributed by atoms with E-state index in [1.165, 1.54) is 15.6 Å². The van der Waals surface area contributed by atoms with E-state index in [1.54, 1.807) is 30.5 Å². The van der Waals surface area contributed by atoms with Crippen LogP contribution in [0.1, 0.15) is 4.88 Å². The second kappa shape index (κ2) is 7.99. The zero-order valence-corrected chi connectivity index (χ0v) is 16.0. The van der Waals surface area contributed by atoms with Crippen molar-refractivity contribution in [1.29, 1.82) is 0 Å². The highest BCUT2D eigenvalue weighted by Crippen LogP contribution is 2.21. The van der Waals surface area contributed by atoms with Gasteiger partial charge in [0, 0.05) is 48.8 Å². The Balaban J connectivity index is 0.00000208. The first-order valence-electron chi connectivity index (χ1n) is 7.13. The topological polar surface area (TPSA) is 79.5 Å². The van der Waals surface area contributed by atoms with Crippen molar-refractivity contribution in [2.45, 2.75) is 11.4 Å². The second-order valence-corrected chi connectivity index (χ2v) is 8.82. The monoisotopic (exact) mass is 408 g/mol. The number of hydrogen-bond donors (Lipinski definition) is 1. The number of nitrogen functional groups attached to an aromatic ring is 1. The lowest BCUT2D eigenvalue weighted by molar-refractivity contribution is 0.183. The second-order valence-electron chi connectivity index (χ2n) is 5.30. The van der Waals surface area contributed by atoms with Crippen LogP contribution in [0.5, 0.6) is 0 Å². The van der Waals surface area contributed by atoms with Crippen LogP contribution in [-0.4, -0.2) is 48.8 Å². The zero-order valence-electron chi connectivity index (χ0n) is 12.8. The molecule has 0 amide bonds. The zero-order chi connectivity index (χ0) is 16.4. The maximum atomic E-state index is 12.6. The summed E-state index contributed by atoms with van der Waals surface area (Å²) in [5.74, 6) is 0. The predicted molar refractivity (Wildman–Crippen MR) is 99.3 cm³/mol. The summed E-state index contributed by atoms with van der Waals surface area (Å²) < 4.78 is 26.7. The molecule has 0 aliphatic carbocycles. The molecule has 1 aliphatic heterocycles. The smallest absolute Gasteiger partial charge is 0.243 e. The first-order chi connectivity index (χ1) is 10.9. The van der Waals surface area contributed by atoms with Crippen molar-refractivity contribution in [3.8, 4) is 0 Å². The summed E-state index contributed by atoms with van der Waals surface area (Å²) in [5.41, 5.74) is 5.63. The minimum atomic E-state index is -3.45. The number of piperazine rings is 1. The molecule has 0 spiro atoms. The lowest BCUT2D eigenvalue weighted by Crippen LogP contribution is -2.48. The van der Waals surface area contributed by atoms with Gasteiger partial charge in [-0.2, -0.15) is 4.31 Å². The lowest BCUT2D eigenvalue weighted by Gasteiger charge is -2.33. The number of hydrogen-bond acceptors (Lipinski definition) is 6. The Morgan fingerprint density at radius 3 is 2.33 bits per heavy atom. The van der Waals surface area contributed by atoms with Crippen LogP contribution in [0.15, 0.2) is 35.4 Å². The number of aromatic nitrogens is 1. The highest BCUT2D eigenvalue weighted by Gasteiger charge is 2.28. The number of rotatable bonds is 4. The summed E-state index contributed by atoms with van der Waals surface area (Å²) in [6.07, 6.45) is 1.77. The molecule has 2 N–H and O–H groups in total. The van der Waals surface area contributed by atoms with E-state index in [0.29, 0.717) is 36.3 Å². The van der Waals surface area contributed by atoms with E-state index >= 15 is 0 Å². The van der Waals surface area contributed by atoms with Gasteiger partial charge in [0.25, 0.3) is 0 Å². The molecule has 0 unspecified atom stereocenters. The van der Waals surface area contributed by atoms with Gasteiger partial charge in [-0.05, 0) is 24.3 Å². The molecule has 1 aromatic heterocycles. The average molecular weight is 409 g/mol. The first kappa shape index (κ1) is 19.4. The third-order valence-electron chi connectivity index (χ3n) is 3.73. The van der Waals surface area contributed by atoms with Crippen LogP contribution in [0.25, 0.3) is 0 Å². The summed E-state index contributed by atoms with van der Waals surface area (Å²) in [5, 5.41) is 1.08. The Kier molecular flexibility index (Phi) is 6.46. The van der Waals surface area contributed by atoms with Gasteiger partial charge in [-0.15, -0.1) is 23.7 Å². The Bertz CT molecular complexity index is 772. The van der Waals surface area contributed by atoms with E-state index in [1.807, 2.05) is 0 Å². The summed E-state index contributed by atoms with van der Waals surface area (Å²) in [6.45, 7) is 3.07. The molecule has 0 bridgehead atoms. The molecule has 2 aromatic rings. The van der Waals surface area contributed by atoms with Crippen molar-refractivity contribution in [2.24, 2.45) is 0 Å². The van der Waals surface area contributed by atoms with Gasteiger partial charge in [0.1, 0.15) is 0 Å². The Morgan fingerprint density at radius 1 is 1.17 bits per heavy atom. The van der Waals surface area contributed by atoms with Crippen LogP contribution < -0.4 is 5.73 Å². The predicted octanol–water partition coefficient (Wildman–Crippen LogP) is 2.31. The van der Waals surface area contributed by atoms with Crippen molar-refractivity contribution in [3.05, 3.63) is 40.4 Å². The molecule has 24 heavy (non-hydrogen) atoms. The van der Waals surface area contributed by atoms with Crippen LogP contribution in [0.3, 0.4) is 0 Å². The molecule has 1 aliphatic rings. The van der Waals surface area contributed by atoms with Crippen LogP contribution in [0, 0.1) is 0 Å². The van der Waals surface area contributed by atoms with Crippen LogP contribution in [0.4, 0.5) is 5.13 Å². The van der Waals surface area contributed by atoms with Gasteiger partial charge in [0.05, 0.1) is 4.90 Å². The van der Waals surface area contributed by atoms with Gasteiger partial charge < -0.3 is 5.73 Å². The molecule has 10 heteroatoms. The third-order valence-corrected chi connectivity index (χ3v) is 6.71. The summed E-state index contributed by atoms with van der Waals surface area (Å²) in [6, 6.07) is 6.28. The van der Waals surface area contributed by atoms with Crippen molar-refractivity contribution in [3.63, 3.8) is 0 Å². The normalized spacial score (nSPS) is 16.7. The highest BCUT2D eigenvalue weighted by molar-refractivity contribution is 7.89. The van der Waals surface area contributed by atoms with E-state index in [4.69, 9.17) is 17.3 Å². The van der Waals surface area contributed by atoms with Gasteiger partial charge in [-0.3, -0.25) is 4.90 Å². The molecule has 0 radical (unpaired) electrons. The highest BCUT2D eigenvalue weighted by atomic mass is 35.5. The Hall–Kier alpha value is -0.900. The fourth-order valence-electron chi connectivity index (χ4n) is 2.50. The van der Waals surface area contributed by atoms with Crippen LogP contribution in [0.2, 0.25) is 5.02 Å². The average Bonchev–Trinajstić information content (AvgIpc) is 2.93. The molecule has 2 heterocycles. The number of nitrogens with zero attached hydrogens (tertiary/aromatic N) is 3. The number of halogens is 2. The van der Waals surface area contributed by atoms with Crippen molar-refractivity contribution >= 4 is 50.5 Å². The van der Waals surface area contributed by atoms with E-state index in [0.717, 1.165) is 11.4 Å². The molecule has 1 saturated heterocycles. The summed E-state index contributed by atoms with van der Waals surface area (Å²) in [4.78, 5) is 7.62. The SMILES string of the molecule is Cl.Nc1ncc(CN2CCN(S(=O)(=O)c3ccc(Cl)cc3)CC2)s1. The van der Waals surface area contributed by atoms with E-state index in [-0.39, 0.29) is 17.3 Å². The molecular formula is C14H18Cl2N4O2S2. The molecule has 6 nitrogen and oxygen atoms in total.